The summed E-state index contributed by atoms with van der Waals surface area (Å²) in [6.07, 6.45) is 5.70. The van der Waals surface area contributed by atoms with Crippen LogP contribution in [-0.2, 0) is 0 Å². The van der Waals surface area contributed by atoms with Gasteiger partial charge in [-0.1, -0.05) is 6.92 Å². The van der Waals surface area contributed by atoms with Crippen molar-refractivity contribution >= 4 is 17.4 Å². The second-order valence-electron chi connectivity index (χ2n) is 5.08. The van der Waals surface area contributed by atoms with Gasteiger partial charge >= 0.3 is 0 Å². The monoisotopic (exact) mass is 256 g/mol. The first-order valence-corrected chi connectivity index (χ1v) is 6.63. The van der Waals surface area contributed by atoms with Crippen LogP contribution in [0.15, 0.2) is 18.3 Å². The molecule has 0 unspecified atom stereocenters. The van der Waals surface area contributed by atoms with E-state index in [0.29, 0.717) is 11.7 Å². The highest BCUT2D eigenvalue weighted by Crippen LogP contribution is 2.35. The molecule has 0 spiro atoms. The normalized spacial score (nSPS) is 29.0. The molecule has 1 fully saturated rings. The van der Waals surface area contributed by atoms with Crippen LogP contribution in [0.25, 0.3) is 0 Å². The van der Waals surface area contributed by atoms with Gasteiger partial charge in [0, 0.05) is 5.88 Å². The van der Waals surface area contributed by atoms with Gasteiger partial charge in [-0.25, -0.2) is 9.37 Å². The number of alkyl halides is 1. The molecule has 2 nitrogen and oxygen atoms in total. The number of hydrogen-bond acceptors (Lipinski definition) is 2. The molecule has 1 saturated carbocycles. The molecule has 1 heterocycles. The maximum atomic E-state index is 12.8. The van der Waals surface area contributed by atoms with E-state index in [1.807, 2.05) is 0 Å². The van der Waals surface area contributed by atoms with E-state index >= 15 is 0 Å². The molecule has 1 aromatic rings. The lowest BCUT2D eigenvalue weighted by Crippen LogP contribution is -2.43. The van der Waals surface area contributed by atoms with Gasteiger partial charge in [-0.15, -0.1) is 11.6 Å². The third kappa shape index (κ3) is 3.09. The number of hydrogen-bond donors (Lipinski definition) is 1. The van der Waals surface area contributed by atoms with Gasteiger partial charge in [-0.3, -0.25) is 0 Å². The summed E-state index contributed by atoms with van der Waals surface area (Å²) in [7, 11) is 0. The lowest BCUT2D eigenvalue weighted by Gasteiger charge is -2.39. The molecule has 1 aromatic heterocycles. The highest BCUT2D eigenvalue weighted by Gasteiger charge is 2.33. The molecule has 1 aliphatic rings. The first kappa shape index (κ1) is 12.6. The minimum atomic E-state index is -0.312. The number of nitrogens with one attached hydrogen (secondary N) is 1. The minimum Gasteiger partial charge on any atom is -0.363 e. The van der Waals surface area contributed by atoms with Crippen molar-refractivity contribution in [1.82, 2.24) is 4.98 Å². The van der Waals surface area contributed by atoms with E-state index < -0.39 is 0 Å². The average Bonchev–Trinajstić information content (AvgIpc) is 2.35. The Balaban J connectivity index is 2.06. The van der Waals surface area contributed by atoms with Crippen LogP contribution in [0.2, 0.25) is 0 Å². The molecule has 94 valence electrons. The topological polar surface area (TPSA) is 24.9 Å². The number of aromatic nitrogens is 1. The number of pyridine rings is 1. The highest BCUT2D eigenvalue weighted by atomic mass is 35.5. The van der Waals surface area contributed by atoms with Crippen molar-refractivity contribution < 1.29 is 4.39 Å². The summed E-state index contributed by atoms with van der Waals surface area (Å²) in [5.74, 6) is 1.74. The number of anilines is 1. The van der Waals surface area contributed by atoms with E-state index in [9.17, 15) is 4.39 Å². The fourth-order valence-electron chi connectivity index (χ4n) is 2.33. The Morgan fingerprint density at radius 3 is 2.71 bits per heavy atom. The number of nitrogens with zero attached hydrogens (tertiary/aromatic N) is 1. The molecule has 0 saturated heterocycles. The van der Waals surface area contributed by atoms with Gasteiger partial charge in [0.15, 0.2) is 0 Å². The first-order chi connectivity index (χ1) is 8.13. The van der Waals surface area contributed by atoms with Crippen LogP contribution in [0.3, 0.4) is 0 Å². The van der Waals surface area contributed by atoms with Crippen LogP contribution in [-0.4, -0.2) is 16.4 Å². The fraction of sp³-hybridized carbons (Fsp3) is 0.615. The van der Waals surface area contributed by atoms with Crippen LogP contribution in [0.5, 0.6) is 0 Å². The van der Waals surface area contributed by atoms with Crippen LogP contribution in [0.1, 0.15) is 32.6 Å². The summed E-state index contributed by atoms with van der Waals surface area (Å²) >= 11 is 6.10. The SMILES string of the molecule is CC1CCC(CCl)(Nc2ccc(F)cn2)CC1. The zero-order valence-electron chi connectivity index (χ0n) is 10.0. The van der Waals surface area contributed by atoms with Crippen molar-refractivity contribution in [1.29, 1.82) is 0 Å². The van der Waals surface area contributed by atoms with Gasteiger partial charge in [-0.2, -0.15) is 0 Å². The smallest absolute Gasteiger partial charge is 0.141 e. The third-order valence-corrected chi connectivity index (χ3v) is 4.12. The van der Waals surface area contributed by atoms with Crippen molar-refractivity contribution in [3.8, 4) is 0 Å². The van der Waals surface area contributed by atoms with Crippen LogP contribution < -0.4 is 5.32 Å². The summed E-state index contributed by atoms with van der Waals surface area (Å²) in [5, 5.41) is 3.38. The summed E-state index contributed by atoms with van der Waals surface area (Å²) in [4.78, 5) is 4.04. The van der Waals surface area contributed by atoms with Crippen molar-refractivity contribution in [2.24, 2.45) is 5.92 Å². The second-order valence-corrected chi connectivity index (χ2v) is 5.35. The molecule has 1 aliphatic carbocycles. The van der Waals surface area contributed by atoms with Crippen molar-refractivity contribution in [2.45, 2.75) is 38.1 Å². The Bertz CT molecular complexity index is 358. The van der Waals surface area contributed by atoms with Gasteiger partial charge in [0.05, 0.1) is 11.7 Å². The van der Waals surface area contributed by atoms with E-state index in [4.69, 9.17) is 11.6 Å². The van der Waals surface area contributed by atoms with Gasteiger partial charge in [0.25, 0.3) is 0 Å². The maximum Gasteiger partial charge on any atom is 0.141 e. The molecule has 0 aliphatic heterocycles. The van der Waals surface area contributed by atoms with Gasteiger partial charge < -0.3 is 5.32 Å². The molecule has 1 N–H and O–H groups in total. The zero-order valence-corrected chi connectivity index (χ0v) is 10.8. The largest absolute Gasteiger partial charge is 0.363 e. The van der Waals surface area contributed by atoms with Crippen LogP contribution >= 0.6 is 11.6 Å². The van der Waals surface area contributed by atoms with E-state index in [1.165, 1.54) is 25.1 Å². The quantitative estimate of drug-likeness (QED) is 0.832. The van der Waals surface area contributed by atoms with Gasteiger partial charge in [0.1, 0.15) is 11.6 Å². The number of halogens is 2. The van der Waals surface area contributed by atoms with Crippen LogP contribution in [0, 0.1) is 11.7 Å². The van der Waals surface area contributed by atoms with E-state index in [-0.39, 0.29) is 11.4 Å². The lowest BCUT2D eigenvalue weighted by atomic mass is 9.78. The Kier molecular flexibility index (Phi) is 3.87. The molecule has 0 aromatic carbocycles. The Morgan fingerprint density at radius 1 is 1.47 bits per heavy atom. The fourth-order valence-corrected chi connectivity index (χ4v) is 2.66. The van der Waals surface area contributed by atoms with E-state index in [2.05, 4.69) is 17.2 Å². The lowest BCUT2D eigenvalue weighted by molar-refractivity contribution is 0.286. The average molecular weight is 257 g/mol. The Labute approximate surface area is 107 Å². The molecule has 4 heteroatoms. The minimum absolute atomic E-state index is 0.0705. The van der Waals surface area contributed by atoms with Gasteiger partial charge in [-0.05, 0) is 43.7 Å². The molecule has 0 bridgehead atoms. The summed E-state index contributed by atoms with van der Waals surface area (Å²) in [5.41, 5.74) is -0.0705. The molecule has 2 rings (SSSR count). The molecule has 0 atom stereocenters. The van der Waals surface area contributed by atoms with Crippen molar-refractivity contribution in [3.63, 3.8) is 0 Å². The molecule has 0 radical (unpaired) electrons. The standard InChI is InChI=1S/C13H18ClFN2/c1-10-4-6-13(9-14,7-5-10)17-12-3-2-11(15)8-16-12/h2-3,8,10H,4-7,9H2,1H3,(H,16,17). The van der Waals surface area contributed by atoms with Crippen LogP contribution in [0.4, 0.5) is 10.2 Å². The predicted octanol–water partition coefficient (Wildman–Crippen LogP) is 3.82. The summed E-state index contributed by atoms with van der Waals surface area (Å²) in [6, 6.07) is 3.09. The highest BCUT2D eigenvalue weighted by molar-refractivity contribution is 6.18. The second kappa shape index (κ2) is 5.21. The maximum absolute atomic E-state index is 12.8. The molecule has 17 heavy (non-hydrogen) atoms. The third-order valence-electron chi connectivity index (χ3n) is 3.61. The predicted molar refractivity (Wildman–Crippen MR) is 68.9 cm³/mol. The summed E-state index contributed by atoms with van der Waals surface area (Å²) < 4.78 is 12.8. The summed E-state index contributed by atoms with van der Waals surface area (Å²) in [6.45, 7) is 2.27. The van der Waals surface area contributed by atoms with E-state index in [1.54, 1.807) is 6.07 Å². The number of rotatable bonds is 3. The van der Waals surface area contributed by atoms with Crippen molar-refractivity contribution in [2.75, 3.05) is 11.2 Å². The molecular formula is C13H18ClFN2. The molecule has 0 amide bonds. The van der Waals surface area contributed by atoms with E-state index in [0.717, 1.165) is 18.8 Å². The first-order valence-electron chi connectivity index (χ1n) is 6.09. The zero-order chi connectivity index (χ0) is 12.3. The Morgan fingerprint density at radius 2 is 2.18 bits per heavy atom. The molecular weight excluding hydrogens is 239 g/mol. The Hall–Kier alpha value is -0.830. The van der Waals surface area contributed by atoms with Crippen molar-refractivity contribution in [3.05, 3.63) is 24.1 Å². The van der Waals surface area contributed by atoms with Gasteiger partial charge in [0.2, 0.25) is 0 Å².